The monoisotopic (exact) mass is 379 g/mol. The van der Waals surface area contributed by atoms with Crippen LogP contribution in [0.2, 0.25) is 5.02 Å². The molecule has 0 heterocycles. The van der Waals surface area contributed by atoms with E-state index in [1.54, 1.807) is 30.3 Å². The summed E-state index contributed by atoms with van der Waals surface area (Å²) in [6.45, 7) is -0.0653. The molecule has 0 radical (unpaired) electrons. The quantitative estimate of drug-likeness (QED) is 0.778. The molecule has 4 nitrogen and oxygen atoms in total. The van der Waals surface area contributed by atoms with Crippen molar-refractivity contribution < 1.29 is 26.3 Å². The summed E-state index contributed by atoms with van der Waals surface area (Å²) in [6.07, 6.45) is -4.74. The summed E-state index contributed by atoms with van der Waals surface area (Å²) in [5.74, 6) is 0.558. The fourth-order valence-corrected chi connectivity index (χ4v) is 3.10. The third-order valence-corrected chi connectivity index (χ3v) is 4.75. The smallest absolute Gasteiger partial charge is 0.417 e. The molecule has 0 aliphatic rings. The fourth-order valence-electron chi connectivity index (χ4n) is 1.83. The Bertz CT molecular complexity index is 795. The number of hydrogen-bond donors (Lipinski definition) is 1. The lowest BCUT2D eigenvalue weighted by atomic mass is 10.2. The average Bonchev–Trinajstić information content (AvgIpc) is 2.52. The molecule has 24 heavy (non-hydrogen) atoms. The lowest BCUT2D eigenvalue weighted by Gasteiger charge is -2.12. The third-order valence-electron chi connectivity index (χ3n) is 2.96. The van der Waals surface area contributed by atoms with Crippen LogP contribution in [0.15, 0.2) is 53.4 Å². The van der Waals surface area contributed by atoms with Crippen molar-refractivity contribution in [3.8, 4) is 5.75 Å². The Kier molecular flexibility index (Phi) is 5.74. The van der Waals surface area contributed by atoms with Crippen molar-refractivity contribution >= 4 is 21.6 Å². The van der Waals surface area contributed by atoms with Gasteiger partial charge in [0.15, 0.2) is 0 Å². The van der Waals surface area contributed by atoms with Crippen LogP contribution in [-0.4, -0.2) is 21.6 Å². The number of sulfonamides is 1. The first-order valence-electron chi connectivity index (χ1n) is 6.74. The predicted octanol–water partition coefficient (Wildman–Crippen LogP) is 3.72. The van der Waals surface area contributed by atoms with Gasteiger partial charge in [-0.1, -0.05) is 29.8 Å². The van der Waals surface area contributed by atoms with Crippen LogP contribution in [-0.2, 0) is 16.2 Å². The van der Waals surface area contributed by atoms with E-state index < -0.39 is 31.7 Å². The summed E-state index contributed by atoms with van der Waals surface area (Å²) in [7, 11) is -4.10. The number of rotatable bonds is 6. The molecule has 0 aliphatic carbocycles. The van der Waals surface area contributed by atoms with E-state index in [0.29, 0.717) is 11.8 Å². The van der Waals surface area contributed by atoms with Crippen molar-refractivity contribution in [3.63, 3.8) is 0 Å². The van der Waals surface area contributed by atoms with Crippen molar-refractivity contribution in [2.24, 2.45) is 0 Å². The van der Waals surface area contributed by atoms with Crippen LogP contribution in [0, 0.1) is 0 Å². The first-order valence-corrected chi connectivity index (χ1v) is 8.60. The van der Waals surface area contributed by atoms with E-state index in [9.17, 15) is 21.6 Å². The number of hydrogen-bond acceptors (Lipinski definition) is 3. The minimum Gasteiger partial charge on any atom is -0.492 e. The van der Waals surface area contributed by atoms with Gasteiger partial charge in [-0.05, 0) is 30.3 Å². The molecule has 2 aromatic carbocycles. The van der Waals surface area contributed by atoms with Crippen molar-refractivity contribution in [2.45, 2.75) is 11.1 Å². The lowest BCUT2D eigenvalue weighted by Crippen LogP contribution is -2.28. The Labute approximate surface area is 142 Å². The second-order valence-electron chi connectivity index (χ2n) is 4.70. The summed E-state index contributed by atoms with van der Waals surface area (Å²) < 4.78 is 70.0. The predicted molar refractivity (Wildman–Crippen MR) is 83.6 cm³/mol. The van der Waals surface area contributed by atoms with Crippen molar-refractivity contribution in [1.82, 2.24) is 4.72 Å². The van der Waals surface area contributed by atoms with Gasteiger partial charge < -0.3 is 4.74 Å². The highest BCUT2D eigenvalue weighted by Gasteiger charge is 2.34. The van der Waals surface area contributed by atoms with Gasteiger partial charge in [0.25, 0.3) is 0 Å². The molecule has 9 heteroatoms. The zero-order valence-corrected chi connectivity index (χ0v) is 13.8. The van der Waals surface area contributed by atoms with Gasteiger partial charge in [0.05, 0.1) is 15.5 Å². The molecule has 0 saturated carbocycles. The molecule has 2 rings (SSSR count). The molecule has 1 N–H and O–H groups in total. The van der Waals surface area contributed by atoms with Crippen LogP contribution in [0.4, 0.5) is 13.2 Å². The maximum absolute atomic E-state index is 12.8. The van der Waals surface area contributed by atoms with Crippen LogP contribution < -0.4 is 9.46 Å². The molecule has 0 bridgehead atoms. The number of halogens is 4. The van der Waals surface area contributed by atoms with E-state index in [4.69, 9.17) is 16.3 Å². The number of nitrogens with one attached hydrogen (secondary N) is 1. The van der Waals surface area contributed by atoms with Gasteiger partial charge in [-0.25, -0.2) is 13.1 Å². The molecule has 0 fully saturated rings. The number of alkyl halides is 3. The van der Waals surface area contributed by atoms with E-state index in [1.807, 2.05) is 0 Å². The maximum Gasteiger partial charge on any atom is 0.417 e. The molecular weight excluding hydrogens is 367 g/mol. The van der Waals surface area contributed by atoms with E-state index in [-0.39, 0.29) is 13.2 Å². The van der Waals surface area contributed by atoms with Gasteiger partial charge in [-0.2, -0.15) is 13.2 Å². The van der Waals surface area contributed by atoms with E-state index in [0.717, 1.165) is 12.1 Å². The van der Waals surface area contributed by atoms with Crippen molar-refractivity contribution in [2.75, 3.05) is 13.2 Å². The summed E-state index contributed by atoms with van der Waals surface area (Å²) in [5, 5.41) is -0.561. The van der Waals surface area contributed by atoms with Crippen LogP contribution in [0.5, 0.6) is 5.75 Å². The SMILES string of the molecule is O=S(=O)(NCCOc1ccccc1)c1ccc(Cl)c(C(F)(F)F)c1. The molecule has 0 amide bonds. The highest BCUT2D eigenvalue weighted by molar-refractivity contribution is 7.89. The van der Waals surface area contributed by atoms with Crippen LogP contribution in [0.1, 0.15) is 5.56 Å². The second kappa shape index (κ2) is 7.42. The average molecular weight is 380 g/mol. The Morgan fingerprint density at radius 1 is 1.08 bits per heavy atom. The zero-order valence-electron chi connectivity index (χ0n) is 12.2. The third kappa shape index (κ3) is 4.86. The minimum absolute atomic E-state index is 0.0307. The van der Waals surface area contributed by atoms with Crippen molar-refractivity contribution in [1.29, 1.82) is 0 Å². The van der Waals surface area contributed by atoms with Crippen LogP contribution >= 0.6 is 11.6 Å². The first kappa shape index (κ1) is 18.6. The van der Waals surface area contributed by atoms with E-state index >= 15 is 0 Å². The summed E-state index contributed by atoms with van der Waals surface area (Å²) in [6, 6.07) is 11.1. The van der Waals surface area contributed by atoms with Gasteiger partial charge in [-0.15, -0.1) is 0 Å². The Morgan fingerprint density at radius 2 is 1.75 bits per heavy atom. The van der Waals surface area contributed by atoms with E-state index in [2.05, 4.69) is 4.72 Å². The zero-order chi connectivity index (χ0) is 17.8. The van der Waals surface area contributed by atoms with Gasteiger partial charge in [0, 0.05) is 6.54 Å². The van der Waals surface area contributed by atoms with Gasteiger partial charge in [-0.3, -0.25) is 0 Å². The van der Waals surface area contributed by atoms with Crippen LogP contribution in [0.25, 0.3) is 0 Å². The van der Waals surface area contributed by atoms with Crippen molar-refractivity contribution in [3.05, 3.63) is 59.1 Å². The normalized spacial score (nSPS) is 12.2. The molecule has 2 aromatic rings. The molecule has 0 saturated heterocycles. The molecule has 0 aliphatic heterocycles. The Balaban J connectivity index is 2.02. The van der Waals surface area contributed by atoms with Gasteiger partial charge in [0.1, 0.15) is 12.4 Å². The molecule has 0 aromatic heterocycles. The highest BCUT2D eigenvalue weighted by Crippen LogP contribution is 2.35. The maximum atomic E-state index is 12.8. The van der Waals surface area contributed by atoms with Gasteiger partial charge in [0.2, 0.25) is 10.0 Å². The minimum atomic E-state index is -4.74. The first-order chi connectivity index (χ1) is 11.2. The molecular formula is C15H13ClF3NO3S. The largest absolute Gasteiger partial charge is 0.492 e. The Morgan fingerprint density at radius 3 is 2.38 bits per heavy atom. The fraction of sp³-hybridized carbons (Fsp3) is 0.200. The topological polar surface area (TPSA) is 55.4 Å². The highest BCUT2D eigenvalue weighted by atomic mass is 35.5. The number of para-hydroxylation sites is 1. The number of benzene rings is 2. The molecule has 130 valence electrons. The molecule has 0 spiro atoms. The van der Waals surface area contributed by atoms with Crippen LogP contribution in [0.3, 0.4) is 0 Å². The summed E-state index contributed by atoms with van der Waals surface area (Å²) >= 11 is 5.47. The summed E-state index contributed by atoms with van der Waals surface area (Å²) in [4.78, 5) is -0.515. The molecule has 0 unspecified atom stereocenters. The Hall–Kier alpha value is -1.77. The lowest BCUT2D eigenvalue weighted by molar-refractivity contribution is -0.137. The standard InChI is InChI=1S/C15H13ClF3NO3S/c16-14-7-6-12(10-13(14)15(17,18)19)24(21,22)20-8-9-23-11-4-2-1-3-5-11/h1-7,10,20H,8-9H2. The second-order valence-corrected chi connectivity index (χ2v) is 6.87. The molecule has 0 atom stereocenters. The van der Waals surface area contributed by atoms with E-state index in [1.165, 1.54) is 0 Å². The summed E-state index contributed by atoms with van der Waals surface area (Å²) in [5.41, 5.74) is -1.20. The van der Waals surface area contributed by atoms with Gasteiger partial charge >= 0.3 is 6.18 Å². The number of ether oxygens (including phenoxy) is 1.